The molecule has 0 aromatic rings. The van der Waals surface area contributed by atoms with Gasteiger partial charge in [0.2, 0.25) is 10.0 Å². The third-order valence-corrected chi connectivity index (χ3v) is 3.38. The van der Waals surface area contributed by atoms with E-state index in [0.29, 0.717) is 12.5 Å². The van der Waals surface area contributed by atoms with Crippen molar-refractivity contribution in [2.75, 3.05) is 25.9 Å². The number of nitrogens with one attached hydrogen (secondary N) is 3. The second-order valence-corrected chi connectivity index (χ2v) is 7.81. The van der Waals surface area contributed by atoms with E-state index in [1.165, 1.54) is 0 Å². The molecule has 3 N–H and O–H groups in total. The number of guanidine groups is 1. The molecular weight excluding hydrogens is 403 g/mol. The summed E-state index contributed by atoms with van der Waals surface area (Å²) in [5, 5.41) is 6.40. The third-order valence-electron chi connectivity index (χ3n) is 2.45. The van der Waals surface area contributed by atoms with Crippen molar-refractivity contribution >= 4 is 40.0 Å². The predicted molar refractivity (Wildman–Crippen MR) is 101 cm³/mol. The van der Waals surface area contributed by atoms with Crippen LogP contribution in [0.2, 0.25) is 0 Å². The molecule has 0 spiro atoms. The lowest BCUT2D eigenvalue weighted by molar-refractivity contribution is 0.464. The van der Waals surface area contributed by atoms with Crippen molar-refractivity contribution in [2.24, 2.45) is 10.9 Å². The van der Waals surface area contributed by atoms with Gasteiger partial charge in [0.25, 0.3) is 0 Å². The minimum atomic E-state index is -3.23. The fourth-order valence-electron chi connectivity index (χ4n) is 1.63. The smallest absolute Gasteiger partial charge is 0.209 e. The molecule has 6 nitrogen and oxygen atoms in total. The lowest BCUT2D eigenvalue weighted by Gasteiger charge is -2.23. The SMILES string of the molecule is CCNC(=NCC(C)(C)NS(C)(=O)=O)NCCC(C)C.I. The Kier molecular flexibility index (Phi) is 11.7. The van der Waals surface area contributed by atoms with Gasteiger partial charge in [0.05, 0.1) is 12.8 Å². The molecule has 0 saturated heterocycles. The van der Waals surface area contributed by atoms with Crippen LogP contribution in [0, 0.1) is 5.92 Å². The molecule has 0 unspecified atom stereocenters. The highest BCUT2D eigenvalue weighted by atomic mass is 127. The van der Waals surface area contributed by atoms with E-state index in [0.717, 1.165) is 31.7 Å². The van der Waals surface area contributed by atoms with Crippen molar-refractivity contribution in [2.45, 2.75) is 46.6 Å². The second kappa shape index (κ2) is 10.6. The van der Waals surface area contributed by atoms with E-state index in [4.69, 9.17) is 0 Å². The van der Waals surface area contributed by atoms with Crippen LogP contribution in [0.3, 0.4) is 0 Å². The standard InChI is InChI=1S/C13H30N4O2S.HI/c1-7-14-12(15-9-8-11(2)3)16-10-13(4,5)17-20(6,18)19;/h11,17H,7-10H2,1-6H3,(H2,14,15,16);1H. The Bertz CT molecular complexity index is 408. The van der Waals surface area contributed by atoms with Crippen LogP contribution in [-0.4, -0.2) is 45.8 Å². The van der Waals surface area contributed by atoms with E-state index in [9.17, 15) is 8.42 Å². The average Bonchev–Trinajstić information content (AvgIpc) is 2.22. The van der Waals surface area contributed by atoms with E-state index < -0.39 is 15.6 Å². The van der Waals surface area contributed by atoms with Gasteiger partial charge in [-0.1, -0.05) is 13.8 Å². The van der Waals surface area contributed by atoms with Crippen molar-refractivity contribution < 1.29 is 8.42 Å². The van der Waals surface area contributed by atoms with E-state index >= 15 is 0 Å². The fraction of sp³-hybridized carbons (Fsp3) is 0.923. The Morgan fingerprint density at radius 1 is 1.24 bits per heavy atom. The Morgan fingerprint density at radius 2 is 1.81 bits per heavy atom. The highest BCUT2D eigenvalue weighted by Crippen LogP contribution is 2.04. The van der Waals surface area contributed by atoms with Crippen molar-refractivity contribution in [3.8, 4) is 0 Å². The number of rotatable bonds is 8. The highest BCUT2D eigenvalue weighted by molar-refractivity contribution is 14.0. The summed E-state index contributed by atoms with van der Waals surface area (Å²) in [6.07, 6.45) is 2.22. The summed E-state index contributed by atoms with van der Waals surface area (Å²) in [5.74, 6) is 1.35. The van der Waals surface area contributed by atoms with Gasteiger partial charge in [-0.15, -0.1) is 24.0 Å². The first-order valence-electron chi connectivity index (χ1n) is 7.07. The van der Waals surface area contributed by atoms with Crippen LogP contribution in [0.4, 0.5) is 0 Å². The third kappa shape index (κ3) is 14.6. The second-order valence-electron chi connectivity index (χ2n) is 6.06. The van der Waals surface area contributed by atoms with Gasteiger partial charge in [-0.2, -0.15) is 0 Å². The Hall–Kier alpha value is -0.0900. The summed E-state index contributed by atoms with van der Waals surface area (Å²) in [7, 11) is -3.23. The molecule has 0 aromatic carbocycles. The first-order valence-corrected chi connectivity index (χ1v) is 8.96. The molecule has 21 heavy (non-hydrogen) atoms. The normalized spacial score (nSPS) is 13.0. The van der Waals surface area contributed by atoms with E-state index in [1.54, 1.807) is 0 Å². The molecule has 0 aliphatic carbocycles. The minimum Gasteiger partial charge on any atom is -0.357 e. The number of halogens is 1. The molecule has 0 aromatic heterocycles. The quantitative estimate of drug-likeness (QED) is 0.308. The molecule has 0 heterocycles. The van der Waals surface area contributed by atoms with E-state index in [1.807, 2.05) is 20.8 Å². The van der Waals surface area contributed by atoms with Gasteiger partial charge in [0.15, 0.2) is 5.96 Å². The van der Waals surface area contributed by atoms with Gasteiger partial charge in [0.1, 0.15) is 0 Å². The van der Waals surface area contributed by atoms with Crippen LogP contribution < -0.4 is 15.4 Å². The Morgan fingerprint density at radius 3 is 2.24 bits per heavy atom. The van der Waals surface area contributed by atoms with Crippen LogP contribution in [-0.2, 0) is 10.0 Å². The zero-order valence-corrected chi connectivity index (χ0v) is 17.1. The Labute approximate surface area is 147 Å². The van der Waals surface area contributed by atoms with Gasteiger partial charge in [0, 0.05) is 18.6 Å². The lowest BCUT2D eigenvalue weighted by Crippen LogP contribution is -2.46. The molecule has 128 valence electrons. The molecule has 0 radical (unpaired) electrons. The maximum Gasteiger partial charge on any atom is 0.209 e. The molecule has 8 heteroatoms. The van der Waals surface area contributed by atoms with Gasteiger partial charge in [-0.25, -0.2) is 13.1 Å². The van der Waals surface area contributed by atoms with Crippen LogP contribution in [0.25, 0.3) is 0 Å². The molecular formula is C13H31IN4O2S. The highest BCUT2D eigenvalue weighted by Gasteiger charge is 2.21. The Balaban J connectivity index is 0. The van der Waals surface area contributed by atoms with Gasteiger partial charge in [-0.3, -0.25) is 4.99 Å². The molecule has 0 aliphatic rings. The first kappa shape index (κ1) is 23.2. The largest absolute Gasteiger partial charge is 0.357 e. The zero-order chi connectivity index (χ0) is 15.8. The van der Waals surface area contributed by atoms with Gasteiger partial charge >= 0.3 is 0 Å². The predicted octanol–water partition coefficient (Wildman–Crippen LogP) is 1.53. The van der Waals surface area contributed by atoms with Crippen molar-refractivity contribution in [1.29, 1.82) is 0 Å². The molecule has 0 aliphatic heterocycles. The summed E-state index contributed by atoms with van der Waals surface area (Å²) < 4.78 is 25.1. The minimum absolute atomic E-state index is 0. The molecule has 0 rings (SSSR count). The number of nitrogens with zero attached hydrogens (tertiary/aromatic N) is 1. The zero-order valence-electron chi connectivity index (χ0n) is 14.0. The summed E-state index contributed by atoms with van der Waals surface area (Å²) in [5.41, 5.74) is -0.603. The van der Waals surface area contributed by atoms with E-state index in [-0.39, 0.29) is 24.0 Å². The average molecular weight is 434 g/mol. The molecule has 0 atom stereocenters. The summed E-state index contributed by atoms with van der Waals surface area (Å²) in [6.45, 7) is 12.0. The maximum absolute atomic E-state index is 11.3. The van der Waals surface area contributed by atoms with Gasteiger partial charge < -0.3 is 10.6 Å². The summed E-state index contributed by atoms with van der Waals surface area (Å²) >= 11 is 0. The molecule has 0 saturated carbocycles. The number of sulfonamides is 1. The van der Waals surface area contributed by atoms with Crippen LogP contribution >= 0.6 is 24.0 Å². The summed E-state index contributed by atoms with van der Waals surface area (Å²) in [6, 6.07) is 0. The molecule has 0 amide bonds. The van der Waals surface area contributed by atoms with Gasteiger partial charge in [-0.05, 0) is 33.1 Å². The van der Waals surface area contributed by atoms with Crippen molar-refractivity contribution in [1.82, 2.24) is 15.4 Å². The van der Waals surface area contributed by atoms with Crippen LogP contribution in [0.15, 0.2) is 4.99 Å². The van der Waals surface area contributed by atoms with Crippen LogP contribution in [0.5, 0.6) is 0 Å². The first-order chi connectivity index (χ1) is 9.06. The molecule has 0 fully saturated rings. The summed E-state index contributed by atoms with van der Waals surface area (Å²) in [4.78, 5) is 4.43. The fourth-order valence-corrected chi connectivity index (χ4v) is 2.70. The topological polar surface area (TPSA) is 82.6 Å². The number of aliphatic imine (C=N–C) groups is 1. The lowest BCUT2D eigenvalue weighted by atomic mass is 10.1. The number of hydrogen-bond acceptors (Lipinski definition) is 3. The monoisotopic (exact) mass is 434 g/mol. The van der Waals surface area contributed by atoms with E-state index in [2.05, 4.69) is 34.2 Å². The number of hydrogen-bond donors (Lipinski definition) is 3. The maximum atomic E-state index is 11.3. The van der Waals surface area contributed by atoms with Crippen LogP contribution in [0.1, 0.15) is 41.0 Å². The molecule has 0 bridgehead atoms. The van der Waals surface area contributed by atoms with Crippen molar-refractivity contribution in [3.63, 3.8) is 0 Å². The van der Waals surface area contributed by atoms with Crippen molar-refractivity contribution in [3.05, 3.63) is 0 Å².